The predicted octanol–water partition coefficient (Wildman–Crippen LogP) is 5.71. The number of carbonyl (C=O) groups excluding carboxylic acids is 1. The number of primary amides is 1. The van der Waals surface area contributed by atoms with Crippen molar-refractivity contribution < 1.29 is 14.3 Å². The predicted molar refractivity (Wildman–Crippen MR) is 122 cm³/mol. The summed E-state index contributed by atoms with van der Waals surface area (Å²) in [5, 5.41) is 0. The summed E-state index contributed by atoms with van der Waals surface area (Å²) in [4.78, 5) is 20.2. The van der Waals surface area contributed by atoms with Crippen molar-refractivity contribution >= 4 is 5.91 Å². The van der Waals surface area contributed by atoms with E-state index < -0.39 is 11.8 Å². The van der Waals surface area contributed by atoms with Crippen molar-refractivity contribution in [2.24, 2.45) is 5.73 Å². The van der Waals surface area contributed by atoms with Gasteiger partial charge >= 0.3 is 0 Å². The number of nitrogens with two attached hydrogens (primary N) is 1. The number of unbranched alkanes of at least 4 members (excludes halogenated alkanes) is 10. The Balaban J connectivity index is 2.26. The minimum atomic E-state index is -0.506. The van der Waals surface area contributed by atoms with Gasteiger partial charge in [-0.25, -0.2) is 9.97 Å². The summed E-state index contributed by atoms with van der Waals surface area (Å²) < 4.78 is 10.6. The Morgan fingerprint density at radius 1 is 0.900 bits per heavy atom. The maximum absolute atomic E-state index is 12.0. The highest BCUT2D eigenvalue weighted by Crippen LogP contribution is 2.34. The largest absolute Gasteiger partial charge is 0.481 e. The molecule has 0 bridgehead atoms. The van der Waals surface area contributed by atoms with Crippen LogP contribution in [0.2, 0.25) is 0 Å². The van der Waals surface area contributed by atoms with E-state index in [-0.39, 0.29) is 0 Å². The molecule has 170 valence electrons. The third kappa shape index (κ3) is 10.1. The second-order valence-electron chi connectivity index (χ2n) is 7.78. The number of carbonyl (C=O) groups is 1. The molecule has 1 aromatic rings. The summed E-state index contributed by atoms with van der Waals surface area (Å²) in [6, 6.07) is 0. The van der Waals surface area contributed by atoms with Crippen LogP contribution in [0.25, 0.3) is 0 Å². The molecule has 0 radical (unpaired) electrons. The van der Waals surface area contributed by atoms with E-state index in [0.717, 1.165) is 25.7 Å². The summed E-state index contributed by atoms with van der Waals surface area (Å²) in [6.45, 7) is 2.26. The number of hydrogen-bond acceptors (Lipinski definition) is 5. The third-order valence-corrected chi connectivity index (χ3v) is 5.39. The van der Waals surface area contributed by atoms with Crippen molar-refractivity contribution in [2.75, 3.05) is 14.2 Å². The maximum atomic E-state index is 12.0. The van der Waals surface area contributed by atoms with E-state index in [1.165, 1.54) is 71.9 Å². The Morgan fingerprint density at radius 2 is 1.40 bits per heavy atom. The summed E-state index contributed by atoms with van der Waals surface area (Å²) in [6.07, 6.45) is 21.4. The van der Waals surface area contributed by atoms with Crippen molar-refractivity contribution in [1.29, 1.82) is 0 Å². The van der Waals surface area contributed by atoms with Crippen molar-refractivity contribution in [3.05, 3.63) is 24.0 Å². The molecule has 0 fully saturated rings. The Morgan fingerprint density at radius 3 is 1.90 bits per heavy atom. The number of methoxy groups -OCH3 is 2. The zero-order valence-corrected chi connectivity index (χ0v) is 19.2. The van der Waals surface area contributed by atoms with Crippen LogP contribution in [0.15, 0.2) is 18.5 Å². The van der Waals surface area contributed by atoms with Crippen LogP contribution in [0.5, 0.6) is 11.8 Å². The average Bonchev–Trinajstić information content (AvgIpc) is 2.75. The molecule has 6 heteroatoms. The Bertz CT molecular complexity index is 597. The van der Waals surface area contributed by atoms with Gasteiger partial charge in [0.1, 0.15) is 6.33 Å². The van der Waals surface area contributed by atoms with Gasteiger partial charge in [-0.05, 0) is 32.1 Å². The first-order chi connectivity index (χ1) is 14.7. The van der Waals surface area contributed by atoms with E-state index in [2.05, 4.69) is 29.0 Å². The summed E-state index contributed by atoms with van der Waals surface area (Å²) in [7, 11) is 3.03. The van der Waals surface area contributed by atoms with Crippen LogP contribution in [0, 0.1) is 0 Å². The summed E-state index contributed by atoms with van der Waals surface area (Å²) in [5.41, 5.74) is 6.20. The lowest BCUT2D eigenvalue weighted by atomic mass is 9.93. The molecule has 0 aliphatic rings. The van der Waals surface area contributed by atoms with Gasteiger partial charge in [-0.1, -0.05) is 70.4 Å². The number of nitrogens with zero attached hydrogens (tertiary/aromatic N) is 2. The van der Waals surface area contributed by atoms with E-state index in [1.807, 2.05) is 0 Å². The molecule has 1 atom stereocenters. The molecular weight excluding hydrogens is 378 g/mol. The fourth-order valence-electron chi connectivity index (χ4n) is 3.66. The molecule has 6 nitrogen and oxygen atoms in total. The number of ether oxygens (including phenoxy) is 2. The van der Waals surface area contributed by atoms with Crippen molar-refractivity contribution in [3.8, 4) is 11.8 Å². The molecule has 0 aliphatic carbocycles. The molecule has 0 saturated heterocycles. The number of aromatic nitrogens is 2. The molecule has 0 aliphatic heterocycles. The molecule has 1 heterocycles. The molecule has 0 spiro atoms. The molecule has 1 amide bonds. The first-order valence-electron chi connectivity index (χ1n) is 11.5. The average molecular weight is 420 g/mol. The highest BCUT2D eigenvalue weighted by molar-refractivity contribution is 5.83. The van der Waals surface area contributed by atoms with Gasteiger partial charge in [-0.3, -0.25) is 4.79 Å². The third-order valence-electron chi connectivity index (χ3n) is 5.39. The fourth-order valence-corrected chi connectivity index (χ4v) is 3.66. The molecule has 2 N–H and O–H groups in total. The van der Waals surface area contributed by atoms with Gasteiger partial charge in [-0.15, -0.1) is 0 Å². The molecular formula is C24H41N3O3. The van der Waals surface area contributed by atoms with Crippen molar-refractivity contribution in [2.45, 2.75) is 96.3 Å². The van der Waals surface area contributed by atoms with Gasteiger partial charge in [0.25, 0.3) is 0 Å². The number of amides is 1. The van der Waals surface area contributed by atoms with Crippen molar-refractivity contribution in [1.82, 2.24) is 9.97 Å². The zero-order chi connectivity index (χ0) is 22.0. The second-order valence-corrected chi connectivity index (χ2v) is 7.78. The van der Waals surface area contributed by atoms with Gasteiger partial charge in [0.05, 0.1) is 25.7 Å². The quantitative estimate of drug-likeness (QED) is 0.243. The van der Waals surface area contributed by atoms with Crippen LogP contribution in [-0.4, -0.2) is 30.1 Å². The molecule has 30 heavy (non-hydrogen) atoms. The molecule has 1 unspecified atom stereocenters. The van der Waals surface area contributed by atoms with E-state index >= 15 is 0 Å². The van der Waals surface area contributed by atoms with Gasteiger partial charge < -0.3 is 15.2 Å². The Labute approximate surface area is 182 Å². The highest BCUT2D eigenvalue weighted by atomic mass is 16.5. The number of allylic oxidation sites excluding steroid dienone is 2. The van der Waals surface area contributed by atoms with Gasteiger partial charge in [-0.2, -0.15) is 0 Å². The second kappa shape index (κ2) is 16.7. The summed E-state index contributed by atoms with van der Waals surface area (Å²) in [5.74, 6) is -0.213. The highest BCUT2D eigenvalue weighted by Gasteiger charge is 2.27. The van der Waals surface area contributed by atoms with Gasteiger partial charge in [0.15, 0.2) is 0 Å². The van der Waals surface area contributed by atoms with E-state index in [0.29, 0.717) is 23.7 Å². The molecule has 1 rings (SSSR count). The van der Waals surface area contributed by atoms with Crippen molar-refractivity contribution in [3.63, 3.8) is 0 Å². The lowest BCUT2D eigenvalue weighted by Crippen LogP contribution is -2.23. The molecule has 0 saturated carbocycles. The van der Waals surface area contributed by atoms with E-state index in [1.54, 1.807) is 0 Å². The Kier molecular flexibility index (Phi) is 14.4. The van der Waals surface area contributed by atoms with Crippen LogP contribution >= 0.6 is 0 Å². The van der Waals surface area contributed by atoms with Crippen LogP contribution < -0.4 is 15.2 Å². The first kappa shape index (κ1) is 25.9. The SMILES string of the molecule is CCCCCCCCC=CCCCCCCC(C(N)=O)c1c(OC)ncnc1OC. The number of rotatable bonds is 18. The lowest BCUT2D eigenvalue weighted by Gasteiger charge is -2.18. The minimum Gasteiger partial charge on any atom is -0.481 e. The number of hydrogen-bond donors (Lipinski definition) is 1. The smallest absolute Gasteiger partial charge is 0.225 e. The summed E-state index contributed by atoms with van der Waals surface area (Å²) >= 11 is 0. The normalized spacial score (nSPS) is 12.2. The van der Waals surface area contributed by atoms with Gasteiger partial charge in [0.2, 0.25) is 17.7 Å². The van der Waals surface area contributed by atoms with Crippen LogP contribution in [0.3, 0.4) is 0 Å². The van der Waals surface area contributed by atoms with Crippen LogP contribution in [-0.2, 0) is 4.79 Å². The fraction of sp³-hybridized carbons (Fsp3) is 0.708. The lowest BCUT2D eigenvalue weighted by molar-refractivity contribution is -0.119. The standard InChI is InChI=1S/C24H41N3O3/c1-4-5-6-7-8-9-10-11-12-13-14-15-16-17-18-20(22(25)28)21-23(29-2)26-19-27-24(21)30-3/h11-12,19-20H,4-10,13-18H2,1-3H3,(H2,25,28). The molecule has 0 aromatic carbocycles. The molecule has 1 aromatic heterocycles. The van der Waals surface area contributed by atoms with E-state index in [4.69, 9.17) is 15.2 Å². The van der Waals surface area contributed by atoms with Crippen LogP contribution in [0.4, 0.5) is 0 Å². The maximum Gasteiger partial charge on any atom is 0.225 e. The van der Waals surface area contributed by atoms with E-state index in [9.17, 15) is 4.79 Å². The monoisotopic (exact) mass is 419 g/mol. The topological polar surface area (TPSA) is 87.3 Å². The van der Waals surface area contributed by atoms with Crippen LogP contribution in [0.1, 0.15) is 102 Å². The minimum absolute atomic E-state index is 0.348. The van der Waals surface area contributed by atoms with Gasteiger partial charge in [0, 0.05) is 0 Å². The first-order valence-corrected chi connectivity index (χ1v) is 11.5. The Hall–Kier alpha value is -2.11. The zero-order valence-electron chi connectivity index (χ0n) is 19.2.